The van der Waals surface area contributed by atoms with Crippen molar-refractivity contribution in [2.75, 3.05) is 7.11 Å². The Morgan fingerprint density at radius 3 is 1.83 bits per heavy atom. The summed E-state index contributed by atoms with van der Waals surface area (Å²) in [4.78, 5) is 6.44. The first-order valence-corrected chi connectivity index (χ1v) is 2.48. The van der Waals surface area contributed by atoms with Gasteiger partial charge in [-0.25, -0.2) is 9.97 Å². The number of aromatic nitrogens is 2. The molecule has 0 radical (unpaired) electrons. The molecule has 0 aliphatic heterocycles. The third kappa shape index (κ3) is 3.47. The summed E-state index contributed by atoms with van der Waals surface area (Å²) in [5.41, 5.74) is 0. The fourth-order valence-corrected chi connectivity index (χ4v) is 0.517. The normalized spacial score (nSPS) is 7.75. The van der Waals surface area contributed by atoms with E-state index >= 15 is 0 Å². The van der Waals surface area contributed by atoms with Gasteiger partial charge in [-0.05, 0) is 0 Å². The number of hydrogen-bond acceptors (Lipinski definition) is 5. The predicted octanol–water partition coefficient (Wildman–Crippen LogP) is -7.36. The summed E-state index contributed by atoms with van der Waals surface area (Å²) >= 11 is 0. The molecule has 0 saturated heterocycles. The smallest absolute Gasteiger partial charge is 0.856 e. The number of methoxy groups -OCH3 is 1. The predicted molar refractivity (Wildman–Crippen MR) is 27.5 cm³/mol. The van der Waals surface area contributed by atoms with Crippen LogP contribution in [-0.2, 0) is 0 Å². The largest absolute Gasteiger partial charge is 1.00 e. The number of ether oxygens (including phenoxy) is 1. The molecule has 0 aromatic carbocycles. The molecule has 0 atom stereocenters. The Balaban J connectivity index is 0. The van der Waals surface area contributed by atoms with Crippen LogP contribution in [0.2, 0.25) is 0 Å². The SMILES string of the molecule is COc1c([O-])ncnc1[O-].[Na+].[Na+]. The quantitative estimate of drug-likeness (QED) is 0.407. The standard InChI is InChI=1S/C5H6N2O3.2Na/c1-10-3-4(8)6-2-7-5(3)9;;/h2H,1H3,(H2,6,7,8,9);;/q;2*+1/p-2. The summed E-state index contributed by atoms with van der Waals surface area (Å²) in [6.45, 7) is 0. The van der Waals surface area contributed by atoms with E-state index in [4.69, 9.17) is 0 Å². The van der Waals surface area contributed by atoms with E-state index < -0.39 is 11.8 Å². The third-order valence-corrected chi connectivity index (χ3v) is 0.943. The Morgan fingerprint density at radius 1 is 1.17 bits per heavy atom. The molecular weight excluding hydrogens is 182 g/mol. The zero-order chi connectivity index (χ0) is 7.56. The Labute approximate surface area is 114 Å². The monoisotopic (exact) mass is 186 g/mol. The molecule has 5 nitrogen and oxygen atoms in total. The molecule has 0 N–H and O–H groups in total. The molecule has 1 heterocycles. The molecule has 0 spiro atoms. The maximum atomic E-state index is 10.6. The van der Waals surface area contributed by atoms with E-state index in [0.29, 0.717) is 0 Å². The maximum Gasteiger partial charge on any atom is 1.00 e. The van der Waals surface area contributed by atoms with Gasteiger partial charge in [-0.15, -0.1) is 0 Å². The maximum absolute atomic E-state index is 10.6. The molecule has 0 amide bonds. The van der Waals surface area contributed by atoms with E-state index in [2.05, 4.69) is 14.7 Å². The van der Waals surface area contributed by atoms with Crippen LogP contribution in [0.15, 0.2) is 6.33 Å². The molecule has 1 aromatic rings. The second kappa shape index (κ2) is 6.94. The van der Waals surface area contributed by atoms with Gasteiger partial charge in [-0.2, -0.15) is 0 Å². The van der Waals surface area contributed by atoms with Crippen molar-refractivity contribution in [3.8, 4) is 17.5 Å². The van der Waals surface area contributed by atoms with Crippen molar-refractivity contribution in [2.45, 2.75) is 0 Å². The molecule has 12 heavy (non-hydrogen) atoms. The van der Waals surface area contributed by atoms with Crippen LogP contribution >= 0.6 is 0 Å². The van der Waals surface area contributed by atoms with Crippen LogP contribution in [0, 0.1) is 0 Å². The fraction of sp³-hybridized carbons (Fsp3) is 0.200. The molecule has 1 aromatic heterocycles. The average molecular weight is 186 g/mol. The van der Waals surface area contributed by atoms with Crippen molar-refractivity contribution in [1.82, 2.24) is 9.97 Å². The van der Waals surface area contributed by atoms with E-state index in [1.54, 1.807) is 0 Å². The second-order valence-corrected chi connectivity index (χ2v) is 1.52. The van der Waals surface area contributed by atoms with Crippen LogP contribution in [0.5, 0.6) is 17.5 Å². The zero-order valence-electron chi connectivity index (χ0n) is 7.20. The second-order valence-electron chi connectivity index (χ2n) is 1.52. The van der Waals surface area contributed by atoms with Gasteiger partial charge in [0.15, 0.2) is 0 Å². The van der Waals surface area contributed by atoms with Crippen molar-refractivity contribution in [2.24, 2.45) is 0 Å². The minimum atomic E-state index is -0.678. The Hall–Kier alpha value is 0.480. The molecule has 0 bridgehead atoms. The Bertz CT molecular complexity index is 226. The summed E-state index contributed by atoms with van der Waals surface area (Å²) in [6.07, 6.45) is 0.910. The number of nitrogens with zero attached hydrogens (tertiary/aromatic N) is 2. The average Bonchev–Trinajstić information content (AvgIpc) is 1.88. The fourth-order valence-electron chi connectivity index (χ4n) is 0.517. The third-order valence-electron chi connectivity index (χ3n) is 0.943. The van der Waals surface area contributed by atoms with Crippen LogP contribution in [0.1, 0.15) is 0 Å². The van der Waals surface area contributed by atoms with Crippen LogP contribution < -0.4 is 74.1 Å². The molecule has 0 aliphatic rings. The summed E-state index contributed by atoms with van der Waals surface area (Å²) in [5, 5.41) is 21.2. The van der Waals surface area contributed by atoms with Gasteiger partial charge >= 0.3 is 59.1 Å². The molecule has 0 fully saturated rings. The van der Waals surface area contributed by atoms with E-state index in [1.165, 1.54) is 7.11 Å². The molecule has 0 saturated carbocycles. The molecule has 54 valence electrons. The molecule has 0 aliphatic carbocycles. The first kappa shape index (κ1) is 15.0. The molecular formula is C5H4N2Na2O3. The zero-order valence-corrected chi connectivity index (χ0v) is 11.2. The van der Waals surface area contributed by atoms with E-state index in [-0.39, 0.29) is 64.9 Å². The molecule has 7 heteroatoms. The van der Waals surface area contributed by atoms with Crippen LogP contribution in [0.4, 0.5) is 0 Å². The first-order chi connectivity index (χ1) is 4.75. The van der Waals surface area contributed by atoms with Gasteiger partial charge in [0.25, 0.3) is 0 Å². The Morgan fingerprint density at radius 2 is 1.58 bits per heavy atom. The van der Waals surface area contributed by atoms with Crippen molar-refractivity contribution in [3.63, 3.8) is 0 Å². The van der Waals surface area contributed by atoms with Crippen molar-refractivity contribution < 1.29 is 74.1 Å². The van der Waals surface area contributed by atoms with Crippen LogP contribution in [0.25, 0.3) is 0 Å². The van der Waals surface area contributed by atoms with Gasteiger partial charge in [-0.3, -0.25) is 0 Å². The van der Waals surface area contributed by atoms with Gasteiger partial charge in [0, 0.05) is 11.8 Å². The van der Waals surface area contributed by atoms with Crippen molar-refractivity contribution in [1.29, 1.82) is 0 Å². The van der Waals surface area contributed by atoms with Gasteiger partial charge in [0.1, 0.15) is 12.1 Å². The first-order valence-electron chi connectivity index (χ1n) is 2.48. The van der Waals surface area contributed by atoms with E-state index in [1.807, 2.05) is 0 Å². The van der Waals surface area contributed by atoms with E-state index in [0.717, 1.165) is 6.33 Å². The van der Waals surface area contributed by atoms with Gasteiger partial charge in [0.05, 0.1) is 7.11 Å². The summed E-state index contributed by atoms with van der Waals surface area (Å²) in [5.74, 6) is -1.69. The molecule has 1 rings (SSSR count). The summed E-state index contributed by atoms with van der Waals surface area (Å²) < 4.78 is 4.43. The van der Waals surface area contributed by atoms with Gasteiger partial charge in [-0.1, -0.05) is 0 Å². The summed E-state index contributed by atoms with van der Waals surface area (Å²) in [6, 6.07) is 0. The van der Waals surface area contributed by atoms with Crippen molar-refractivity contribution in [3.05, 3.63) is 6.33 Å². The van der Waals surface area contributed by atoms with Crippen LogP contribution in [0.3, 0.4) is 0 Å². The number of rotatable bonds is 1. The van der Waals surface area contributed by atoms with Gasteiger partial charge in [0.2, 0.25) is 0 Å². The topological polar surface area (TPSA) is 81.1 Å². The minimum absolute atomic E-state index is 0. The van der Waals surface area contributed by atoms with E-state index in [9.17, 15) is 10.2 Å². The Kier molecular flexibility index (Phi) is 8.66. The van der Waals surface area contributed by atoms with Gasteiger partial charge < -0.3 is 14.9 Å². The van der Waals surface area contributed by atoms with Crippen molar-refractivity contribution >= 4 is 0 Å². The number of hydrogen-bond donors (Lipinski definition) is 0. The summed E-state index contributed by atoms with van der Waals surface area (Å²) in [7, 11) is 1.22. The minimum Gasteiger partial charge on any atom is -0.856 e. The van der Waals surface area contributed by atoms with Crippen LogP contribution in [-0.4, -0.2) is 17.1 Å². The molecule has 0 unspecified atom stereocenters.